The largest absolute Gasteiger partial charge is 0.397 e. The number of nitrogens with one attached hydrogen (secondary N) is 1. The minimum Gasteiger partial charge on any atom is -0.397 e. The van der Waals surface area contributed by atoms with E-state index in [4.69, 9.17) is 5.73 Å². The smallest absolute Gasteiger partial charge is 0.126 e. The fourth-order valence-corrected chi connectivity index (χ4v) is 1.17. The second kappa shape index (κ2) is 5.01. The van der Waals surface area contributed by atoms with Gasteiger partial charge in [-0.2, -0.15) is 0 Å². The predicted octanol–water partition coefficient (Wildman–Crippen LogP) is 2.68. The van der Waals surface area contributed by atoms with E-state index in [1.165, 1.54) is 0 Å². The molecule has 1 aromatic heterocycles. The van der Waals surface area contributed by atoms with Crippen LogP contribution in [0.2, 0.25) is 0 Å². The molecule has 0 bridgehead atoms. The van der Waals surface area contributed by atoms with E-state index < -0.39 is 0 Å². The highest BCUT2D eigenvalue weighted by atomic mass is 15.0. The first-order chi connectivity index (χ1) is 7.00. The van der Waals surface area contributed by atoms with Crippen LogP contribution in [0.4, 0.5) is 11.5 Å². The van der Waals surface area contributed by atoms with Gasteiger partial charge in [-0.3, -0.25) is 0 Å². The summed E-state index contributed by atoms with van der Waals surface area (Å²) in [5.41, 5.74) is 7.34. The van der Waals surface area contributed by atoms with Crippen molar-refractivity contribution in [3.05, 3.63) is 17.8 Å². The lowest BCUT2D eigenvalue weighted by molar-refractivity contribution is 0.439. The Morgan fingerprint density at radius 2 is 2.00 bits per heavy atom. The summed E-state index contributed by atoms with van der Waals surface area (Å²) in [7, 11) is 0. The number of nitrogen functional groups attached to an aromatic ring is 1. The molecule has 0 fully saturated rings. The number of aryl methyl sites for hydroxylation is 1. The SMILES string of the molecule is Cc1nc(NCC(C)C(C)C)ccc1N. The van der Waals surface area contributed by atoms with Crippen molar-refractivity contribution in [2.24, 2.45) is 11.8 Å². The van der Waals surface area contributed by atoms with Crippen LogP contribution in [0, 0.1) is 18.8 Å². The number of nitrogens with two attached hydrogens (primary N) is 1. The first kappa shape index (κ1) is 11.8. The number of rotatable bonds is 4. The molecule has 1 atom stereocenters. The van der Waals surface area contributed by atoms with Crippen LogP contribution in [-0.2, 0) is 0 Å². The van der Waals surface area contributed by atoms with Gasteiger partial charge in [-0.25, -0.2) is 4.98 Å². The molecule has 0 amide bonds. The molecule has 3 heteroatoms. The summed E-state index contributed by atoms with van der Waals surface area (Å²) in [4.78, 5) is 4.37. The highest BCUT2D eigenvalue weighted by Crippen LogP contribution is 2.14. The summed E-state index contributed by atoms with van der Waals surface area (Å²) in [6, 6.07) is 3.82. The lowest BCUT2D eigenvalue weighted by Gasteiger charge is -2.16. The lowest BCUT2D eigenvalue weighted by Crippen LogP contribution is -2.17. The molecule has 3 nitrogen and oxygen atoms in total. The summed E-state index contributed by atoms with van der Waals surface area (Å²) < 4.78 is 0. The molecule has 1 heterocycles. The Kier molecular flexibility index (Phi) is 3.95. The fraction of sp³-hybridized carbons (Fsp3) is 0.583. The van der Waals surface area contributed by atoms with Gasteiger partial charge in [0.1, 0.15) is 5.82 Å². The summed E-state index contributed by atoms with van der Waals surface area (Å²) >= 11 is 0. The molecule has 0 spiro atoms. The van der Waals surface area contributed by atoms with Crippen molar-refractivity contribution in [1.82, 2.24) is 4.98 Å². The first-order valence-corrected chi connectivity index (χ1v) is 5.47. The van der Waals surface area contributed by atoms with Crippen molar-refractivity contribution in [3.8, 4) is 0 Å². The number of hydrogen-bond donors (Lipinski definition) is 2. The minimum absolute atomic E-state index is 0.643. The van der Waals surface area contributed by atoms with E-state index in [0.717, 1.165) is 23.7 Å². The predicted molar refractivity (Wildman–Crippen MR) is 65.9 cm³/mol. The Morgan fingerprint density at radius 1 is 1.33 bits per heavy atom. The molecular weight excluding hydrogens is 186 g/mol. The molecule has 0 aliphatic carbocycles. The molecule has 1 aromatic rings. The van der Waals surface area contributed by atoms with Crippen LogP contribution in [0.15, 0.2) is 12.1 Å². The maximum atomic E-state index is 5.70. The monoisotopic (exact) mass is 207 g/mol. The van der Waals surface area contributed by atoms with Crippen LogP contribution in [-0.4, -0.2) is 11.5 Å². The number of hydrogen-bond acceptors (Lipinski definition) is 3. The Morgan fingerprint density at radius 3 is 2.53 bits per heavy atom. The van der Waals surface area contributed by atoms with Crippen molar-refractivity contribution in [3.63, 3.8) is 0 Å². The summed E-state index contributed by atoms with van der Waals surface area (Å²) in [5.74, 6) is 2.24. The average molecular weight is 207 g/mol. The van der Waals surface area contributed by atoms with Crippen molar-refractivity contribution < 1.29 is 0 Å². The van der Waals surface area contributed by atoms with E-state index in [1.54, 1.807) is 0 Å². The zero-order valence-corrected chi connectivity index (χ0v) is 10.0. The van der Waals surface area contributed by atoms with E-state index >= 15 is 0 Å². The summed E-state index contributed by atoms with van der Waals surface area (Å²) in [6.45, 7) is 9.57. The van der Waals surface area contributed by atoms with Gasteiger partial charge in [0.25, 0.3) is 0 Å². The average Bonchev–Trinajstić information content (AvgIpc) is 2.19. The van der Waals surface area contributed by atoms with Crippen molar-refractivity contribution in [2.75, 3.05) is 17.6 Å². The molecule has 0 aliphatic rings. The van der Waals surface area contributed by atoms with Crippen LogP contribution in [0.1, 0.15) is 26.5 Å². The van der Waals surface area contributed by atoms with Gasteiger partial charge in [0.2, 0.25) is 0 Å². The summed E-state index contributed by atoms with van der Waals surface area (Å²) in [5, 5.41) is 3.33. The van der Waals surface area contributed by atoms with Gasteiger partial charge in [0.15, 0.2) is 0 Å². The van der Waals surface area contributed by atoms with Gasteiger partial charge in [-0.05, 0) is 30.9 Å². The van der Waals surface area contributed by atoms with Gasteiger partial charge < -0.3 is 11.1 Å². The van der Waals surface area contributed by atoms with E-state index in [-0.39, 0.29) is 0 Å². The fourth-order valence-electron chi connectivity index (χ4n) is 1.17. The van der Waals surface area contributed by atoms with Gasteiger partial charge in [-0.1, -0.05) is 20.8 Å². The standard InChI is InChI=1S/C12H21N3/c1-8(2)9(3)7-14-12-6-5-11(13)10(4)15-12/h5-6,8-9H,7,13H2,1-4H3,(H,14,15). The third-order valence-corrected chi connectivity index (χ3v) is 2.87. The quantitative estimate of drug-likeness (QED) is 0.798. The zero-order valence-electron chi connectivity index (χ0n) is 10.0. The normalized spacial score (nSPS) is 12.9. The van der Waals surface area contributed by atoms with Crippen molar-refractivity contribution in [1.29, 1.82) is 0 Å². The van der Waals surface area contributed by atoms with E-state index in [2.05, 4.69) is 31.1 Å². The highest BCUT2D eigenvalue weighted by Gasteiger charge is 2.06. The molecule has 15 heavy (non-hydrogen) atoms. The number of aromatic nitrogens is 1. The molecule has 3 N–H and O–H groups in total. The Hall–Kier alpha value is -1.25. The molecule has 0 aromatic carbocycles. The lowest BCUT2D eigenvalue weighted by atomic mass is 9.98. The molecule has 0 saturated carbocycles. The van der Waals surface area contributed by atoms with Gasteiger partial charge in [-0.15, -0.1) is 0 Å². The topological polar surface area (TPSA) is 50.9 Å². The molecular formula is C12H21N3. The van der Waals surface area contributed by atoms with E-state index in [1.807, 2.05) is 19.1 Å². The minimum atomic E-state index is 0.643. The second-order valence-electron chi connectivity index (χ2n) is 4.47. The molecule has 84 valence electrons. The number of anilines is 2. The van der Waals surface area contributed by atoms with Gasteiger partial charge >= 0.3 is 0 Å². The van der Waals surface area contributed by atoms with Crippen molar-refractivity contribution >= 4 is 11.5 Å². The Bertz CT molecular complexity index is 321. The maximum Gasteiger partial charge on any atom is 0.126 e. The van der Waals surface area contributed by atoms with Crippen molar-refractivity contribution in [2.45, 2.75) is 27.7 Å². The van der Waals surface area contributed by atoms with Crippen LogP contribution in [0.25, 0.3) is 0 Å². The Balaban J connectivity index is 2.55. The zero-order chi connectivity index (χ0) is 11.4. The van der Waals surface area contributed by atoms with Crippen LogP contribution >= 0.6 is 0 Å². The molecule has 0 radical (unpaired) electrons. The van der Waals surface area contributed by atoms with Crippen LogP contribution < -0.4 is 11.1 Å². The molecule has 0 saturated heterocycles. The molecule has 0 aliphatic heterocycles. The number of pyridine rings is 1. The second-order valence-corrected chi connectivity index (χ2v) is 4.47. The number of nitrogens with zero attached hydrogens (tertiary/aromatic N) is 1. The molecule has 1 rings (SSSR count). The first-order valence-electron chi connectivity index (χ1n) is 5.47. The van der Waals surface area contributed by atoms with Crippen LogP contribution in [0.5, 0.6) is 0 Å². The maximum absolute atomic E-state index is 5.70. The third kappa shape index (κ3) is 3.42. The van der Waals surface area contributed by atoms with E-state index in [0.29, 0.717) is 11.8 Å². The van der Waals surface area contributed by atoms with Gasteiger partial charge in [0.05, 0.1) is 11.4 Å². The van der Waals surface area contributed by atoms with E-state index in [9.17, 15) is 0 Å². The highest BCUT2D eigenvalue weighted by molar-refractivity contribution is 5.48. The molecule has 1 unspecified atom stereocenters. The third-order valence-electron chi connectivity index (χ3n) is 2.87. The van der Waals surface area contributed by atoms with Gasteiger partial charge in [0, 0.05) is 6.54 Å². The van der Waals surface area contributed by atoms with Crippen LogP contribution in [0.3, 0.4) is 0 Å². The Labute approximate surface area is 92.1 Å². The summed E-state index contributed by atoms with van der Waals surface area (Å²) in [6.07, 6.45) is 0.